The molecule has 0 radical (unpaired) electrons. The maximum atomic E-state index is 12.1. The molecule has 2 N–H and O–H groups in total. The highest BCUT2D eigenvalue weighted by atomic mass is 35.5. The second-order valence-electron chi connectivity index (χ2n) is 4.05. The lowest BCUT2D eigenvalue weighted by Gasteiger charge is -2.04. The molecule has 106 valence electrons. The number of anilines is 1. The standard InChI is InChI=1S/C13H13ClN2O2S2/c14-10-1-4-12(5-2-10)20(17,18)8-7-19-13-6-3-11(15)9-16-13/h1-6,9H,7-8,15H2. The maximum absolute atomic E-state index is 12.1. The highest BCUT2D eigenvalue weighted by molar-refractivity contribution is 8.00. The van der Waals surface area contributed by atoms with Crippen LogP contribution in [0.5, 0.6) is 0 Å². The van der Waals surface area contributed by atoms with Gasteiger partial charge in [-0.3, -0.25) is 0 Å². The van der Waals surface area contributed by atoms with E-state index < -0.39 is 9.84 Å². The second-order valence-corrected chi connectivity index (χ2v) is 7.71. The van der Waals surface area contributed by atoms with Gasteiger partial charge >= 0.3 is 0 Å². The zero-order valence-corrected chi connectivity index (χ0v) is 12.9. The molecule has 1 aromatic carbocycles. The van der Waals surface area contributed by atoms with Gasteiger partial charge in [0.2, 0.25) is 0 Å². The Morgan fingerprint density at radius 2 is 1.85 bits per heavy atom. The van der Waals surface area contributed by atoms with E-state index in [4.69, 9.17) is 17.3 Å². The van der Waals surface area contributed by atoms with Gasteiger partial charge in [-0.05, 0) is 36.4 Å². The van der Waals surface area contributed by atoms with Gasteiger partial charge < -0.3 is 5.73 Å². The number of nitrogens with zero attached hydrogens (tertiary/aromatic N) is 1. The van der Waals surface area contributed by atoms with Gasteiger partial charge in [-0.25, -0.2) is 13.4 Å². The van der Waals surface area contributed by atoms with Crippen LogP contribution >= 0.6 is 23.4 Å². The van der Waals surface area contributed by atoms with Crippen LogP contribution in [0.4, 0.5) is 5.69 Å². The Hall–Kier alpha value is -1.24. The predicted molar refractivity (Wildman–Crippen MR) is 82.9 cm³/mol. The third-order valence-electron chi connectivity index (χ3n) is 2.53. The lowest BCUT2D eigenvalue weighted by Crippen LogP contribution is -2.08. The summed E-state index contributed by atoms with van der Waals surface area (Å²) in [7, 11) is -3.29. The van der Waals surface area contributed by atoms with E-state index in [0.29, 0.717) is 16.5 Å². The smallest absolute Gasteiger partial charge is 0.179 e. The van der Waals surface area contributed by atoms with Crippen molar-refractivity contribution in [2.75, 3.05) is 17.2 Å². The number of hydrogen-bond acceptors (Lipinski definition) is 5. The van der Waals surface area contributed by atoms with Gasteiger partial charge in [-0.2, -0.15) is 0 Å². The Morgan fingerprint density at radius 3 is 2.45 bits per heavy atom. The molecule has 0 amide bonds. The van der Waals surface area contributed by atoms with Crippen LogP contribution in [0.1, 0.15) is 0 Å². The van der Waals surface area contributed by atoms with Crippen molar-refractivity contribution in [3.05, 3.63) is 47.6 Å². The van der Waals surface area contributed by atoms with Gasteiger partial charge in [0.1, 0.15) is 0 Å². The van der Waals surface area contributed by atoms with Crippen molar-refractivity contribution in [3.63, 3.8) is 0 Å². The van der Waals surface area contributed by atoms with Crippen LogP contribution in [0.25, 0.3) is 0 Å². The predicted octanol–water partition coefficient (Wildman–Crippen LogP) is 2.88. The SMILES string of the molecule is Nc1ccc(SCCS(=O)(=O)c2ccc(Cl)cc2)nc1. The molecule has 0 unspecified atom stereocenters. The number of nitrogens with two attached hydrogens (primary N) is 1. The van der Waals surface area contributed by atoms with E-state index in [1.807, 2.05) is 0 Å². The summed E-state index contributed by atoms with van der Waals surface area (Å²) >= 11 is 7.12. The Bertz CT molecular complexity index is 671. The quantitative estimate of drug-likeness (QED) is 0.854. The third kappa shape index (κ3) is 4.13. The minimum Gasteiger partial charge on any atom is -0.397 e. The number of nitrogen functional groups attached to an aromatic ring is 1. The van der Waals surface area contributed by atoms with E-state index in [9.17, 15) is 8.42 Å². The number of sulfone groups is 1. The van der Waals surface area contributed by atoms with E-state index >= 15 is 0 Å². The largest absolute Gasteiger partial charge is 0.397 e. The first-order valence-electron chi connectivity index (χ1n) is 5.80. The zero-order chi connectivity index (χ0) is 14.6. The van der Waals surface area contributed by atoms with E-state index in [2.05, 4.69) is 4.98 Å². The van der Waals surface area contributed by atoms with Crippen LogP contribution in [0.15, 0.2) is 52.5 Å². The highest BCUT2D eigenvalue weighted by Crippen LogP contribution is 2.19. The first-order valence-corrected chi connectivity index (χ1v) is 8.81. The van der Waals surface area contributed by atoms with Crippen molar-refractivity contribution < 1.29 is 8.42 Å². The summed E-state index contributed by atoms with van der Waals surface area (Å²) in [5, 5.41) is 1.27. The van der Waals surface area contributed by atoms with Crippen LogP contribution in [0.3, 0.4) is 0 Å². The normalized spacial score (nSPS) is 11.4. The molecule has 20 heavy (non-hydrogen) atoms. The molecule has 0 aliphatic carbocycles. The van der Waals surface area contributed by atoms with Crippen molar-refractivity contribution in [2.24, 2.45) is 0 Å². The van der Waals surface area contributed by atoms with Crippen molar-refractivity contribution in [2.45, 2.75) is 9.92 Å². The molecule has 2 aromatic rings. The van der Waals surface area contributed by atoms with E-state index in [1.54, 1.807) is 30.5 Å². The summed E-state index contributed by atoms with van der Waals surface area (Å²) in [5.41, 5.74) is 6.12. The molecule has 1 aromatic heterocycles. The van der Waals surface area contributed by atoms with Crippen molar-refractivity contribution in [1.82, 2.24) is 4.98 Å². The number of rotatable bonds is 5. The molecular formula is C13H13ClN2O2S2. The average Bonchev–Trinajstić information content (AvgIpc) is 2.41. The van der Waals surface area contributed by atoms with Crippen molar-refractivity contribution in [3.8, 4) is 0 Å². The van der Waals surface area contributed by atoms with Gasteiger partial charge in [0, 0.05) is 10.8 Å². The summed E-state index contributed by atoms with van der Waals surface area (Å²) in [6.45, 7) is 0. The summed E-state index contributed by atoms with van der Waals surface area (Å²) in [4.78, 5) is 4.39. The summed E-state index contributed by atoms with van der Waals surface area (Å²) in [6.07, 6.45) is 1.55. The summed E-state index contributed by atoms with van der Waals surface area (Å²) < 4.78 is 24.2. The Kier molecular flexibility index (Phi) is 4.91. The number of benzene rings is 1. The van der Waals surface area contributed by atoms with Crippen molar-refractivity contribution in [1.29, 1.82) is 0 Å². The van der Waals surface area contributed by atoms with Gasteiger partial charge in [0.25, 0.3) is 0 Å². The lowest BCUT2D eigenvalue weighted by molar-refractivity contribution is 0.597. The van der Waals surface area contributed by atoms with E-state index in [1.165, 1.54) is 23.9 Å². The number of halogens is 1. The fraction of sp³-hybridized carbons (Fsp3) is 0.154. The van der Waals surface area contributed by atoms with Gasteiger partial charge in [0.05, 0.1) is 27.6 Å². The van der Waals surface area contributed by atoms with Gasteiger partial charge in [-0.15, -0.1) is 11.8 Å². The van der Waals surface area contributed by atoms with Crippen LogP contribution in [-0.2, 0) is 9.84 Å². The van der Waals surface area contributed by atoms with Crippen LogP contribution in [0, 0.1) is 0 Å². The molecule has 0 saturated carbocycles. The number of hydrogen-bond donors (Lipinski definition) is 1. The minimum atomic E-state index is -3.29. The Morgan fingerprint density at radius 1 is 1.15 bits per heavy atom. The molecule has 0 bridgehead atoms. The van der Waals surface area contributed by atoms with Gasteiger partial charge in [0.15, 0.2) is 9.84 Å². The molecule has 0 aliphatic heterocycles. The number of pyridine rings is 1. The maximum Gasteiger partial charge on any atom is 0.179 e. The molecule has 0 spiro atoms. The van der Waals surface area contributed by atoms with Crippen LogP contribution in [-0.4, -0.2) is 24.9 Å². The summed E-state index contributed by atoms with van der Waals surface area (Å²) in [6, 6.07) is 9.69. The van der Waals surface area contributed by atoms with Gasteiger partial charge in [-0.1, -0.05) is 11.6 Å². The average molecular weight is 329 g/mol. The Labute approximate surface area is 127 Å². The van der Waals surface area contributed by atoms with Crippen LogP contribution < -0.4 is 5.73 Å². The fourth-order valence-electron chi connectivity index (χ4n) is 1.49. The fourth-order valence-corrected chi connectivity index (χ4v) is 4.12. The lowest BCUT2D eigenvalue weighted by atomic mass is 10.4. The zero-order valence-electron chi connectivity index (χ0n) is 10.5. The minimum absolute atomic E-state index is 0.0470. The third-order valence-corrected chi connectivity index (χ3v) is 5.72. The van der Waals surface area contributed by atoms with Crippen molar-refractivity contribution >= 4 is 38.9 Å². The molecule has 2 rings (SSSR count). The monoisotopic (exact) mass is 328 g/mol. The molecule has 0 saturated heterocycles. The first kappa shape index (κ1) is 15.2. The van der Waals surface area contributed by atoms with Crippen LogP contribution in [0.2, 0.25) is 5.02 Å². The molecule has 0 fully saturated rings. The molecule has 4 nitrogen and oxygen atoms in total. The first-order chi connectivity index (χ1) is 9.47. The molecule has 0 aliphatic rings. The van der Waals surface area contributed by atoms with E-state index in [0.717, 1.165) is 5.03 Å². The summed E-state index contributed by atoms with van der Waals surface area (Å²) in [5.74, 6) is 0.479. The topological polar surface area (TPSA) is 73.1 Å². The molecular weight excluding hydrogens is 316 g/mol. The molecule has 0 atom stereocenters. The molecule has 7 heteroatoms. The number of aromatic nitrogens is 1. The highest BCUT2D eigenvalue weighted by Gasteiger charge is 2.14. The Balaban J connectivity index is 1.96. The number of thioether (sulfide) groups is 1. The van der Waals surface area contributed by atoms with E-state index in [-0.39, 0.29) is 10.6 Å². The second kappa shape index (κ2) is 6.47. The molecule has 1 heterocycles.